The number of hydrogen-bond acceptors (Lipinski definition) is 8. The van der Waals surface area contributed by atoms with Crippen molar-refractivity contribution in [2.24, 2.45) is 5.92 Å². The summed E-state index contributed by atoms with van der Waals surface area (Å²) in [5.74, 6) is -2.72. The Morgan fingerprint density at radius 1 is 0.976 bits per heavy atom. The van der Waals surface area contributed by atoms with Gasteiger partial charge in [-0.1, -0.05) is 35.2 Å². The lowest BCUT2D eigenvalue weighted by Crippen LogP contribution is -2.33. The lowest BCUT2D eigenvalue weighted by atomic mass is 9.83. The molecular weight excluding hydrogens is 569 g/mol. The number of fused-ring (bicyclic) bond motifs is 2. The SMILES string of the molecule is COc1ccc(N2C(=O)C3Sc4c(sc(=O)n4CC(=O)Nc4ccc(O)cc4)[C@H](c4ccc(F)cc4)C3C2=O)cc1. The summed E-state index contributed by atoms with van der Waals surface area (Å²) >= 11 is 2.00. The Morgan fingerprint density at radius 3 is 2.32 bits per heavy atom. The van der Waals surface area contributed by atoms with Crippen molar-refractivity contribution in [3.63, 3.8) is 0 Å². The molecule has 3 heterocycles. The van der Waals surface area contributed by atoms with Gasteiger partial charge in [-0.2, -0.15) is 0 Å². The molecule has 1 saturated heterocycles. The van der Waals surface area contributed by atoms with Crippen LogP contribution < -0.4 is 19.8 Å². The molecule has 0 spiro atoms. The third-order valence-electron chi connectivity index (χ3n) is 7.06. The first-order valence-corrected chi connectivity index (χ1v) is 14.2. The molecule has 9 nitrogen and oxygen atoms in total. The standard InChI is InChI=1S/C29H22FN3O6S2/c1-39-20-12-8-18(9-13-20)33-26(36)23-22(15-2-4-16(30)5-3-15)25-28(40-24(23)27(33)37)32(29(38)41-25)14-21(35)31-17-6-10-19(34)11-7-17/h2-13,22-24,34H,14H2,1H3,(H,31,35)/t22-,23?,24?/m1/s1. The van der Waals surface area contributed by atoms with Crippen LogP contribution in [-0.2, 0) is 20.9 Å². The first kappa shape index (κ1) is 26.8. The summed E-state index contributed by atoms with van der Waals surface area (Å²) in [5.41, 5.74) is 1.42. The summed E-state index contributed by atoms with van der Waals surface area (Å²) in [4.78, 5) is 55.0. The fraction of sp³-hybridized carbons (Fsp3) is 0.172. The number of rotatable bonds is 6. The van der Waals surface area contributed by atoms with Crippen molar-refractivity contribution < 1.29 is 28.6 Å². The maximum atomic E-state index is 13.9. The molecule has 6 rings (SSSR count). The Balaban J connectivity index is 1.39. The molecule has 0 bridgehead atoms. The molecule has 2 unspecified atom stereocenters. The summed E-state index contributed by atoms with van der Waals surface area (Å²) in [6.07, 6.45) is 0. The van der Waals surface area contributed by atoms with Crippen LogP contribution in [0.1, 0.15) is 16.4 Å². The number of methoxy groups -OCH3 is 1. The van der Waals surface area contributed by atoms with Gasteiger partial charge in [-0.3, -0.25) is 23.7 Å². The molecule has 0 saturated carbocycles. The van der Waals surface area contributed by atoms with Crippen LogP contribution in [0.2, 0.25) is 0 Å². The van der Waals surface area contributed by atoms with Gasteiger partial charge in [0, 0.05) is 16.5 Å². The maximum absolute atomic E-state index is 13.9. The zero-order valence-corrected chi connectivity index (χ0v) is 23.1. The van der Waals surface area contributed by atoms with Crippen LogP contribution in [0.5, 0.6) is 11.5 Å². The molecule has 2 aliphatic rings. The van der Waals surface area contributed by atoms with E-state index >= 15 is 0 Å². The number of anilines is 2. The smallest absolute Gasteiger partial charge is 0.308 e. The topological polar surface area (TPSA) is 118 Å². The van der Waals surface area contributed by atoms with Gasteiger partial charge < -0.3 is 15.2 Å². The highest BCUT2D eigenvalue weighted by Crippen LogP contribution is 2.53. The molecule has 2 N–H and O–H groups in total. The number of phenols is 1. The average molecular weight is 592 g/mol. The largest absolute Gasteiger partial charge is 0.508 e. The van der Waals surface area contributed by atoms with E-state index < -0.39 is 45.5 Å². The second-order valence-electron chi connectivity index (χ2n) is 9.52. The molecule has 3 atom stereocenters. The first-order valence-electron chi connectivity index (χ1n) is 12.5. The number of carbonyl (C=O) groups is 3. The van der Waals surface area contributed by atoms with E-state index in [2.05, 4.69) is 5.32 Å². The van der Waals surface area contributed by atoms with Gasteiger partial charge in [-0.25, -0.2) is 9.29 Å². The number of hydrogen-bond donors (Lipinski definition) is 2. The van der Waals surface area contributed by atoms with Crippen molar-refractivity contribution in [1.82, 2.24) is 4.57 Å². The van der Waals surface area contributed by atoms with Gasteiger partial charge in [0.2, 0.25) is 17.7 Å². The van der Waals surface area contributed by atoms with E-state index in [9.17, 15) is 28.7 Å². The number of phenolic OH excluding ortho intramolecular Hbond substituents is 1. The van der Waals surface area contributed by atoms with Crippen LogP contribution >= 0.6 is 23.1 Å². The molecule has 1 fully saturated rings. The number of thiazole rings is 1. The molecule has 41 heavy (non-hydrogen) atoms. The number of halogens is 1. The number of ether oxygens (including phenoxy) is 1. The number of thioether (sulfide) groups is 1. The molecule has 0 aliphatic carbocycles. The number of imide groups is 1. The minimum Gasteiger partial charge on any atom is -0.508 e. The highest BCUT2D eigenvalue weighted by Gasteiger charge is 2.56. The van der Waals surface area contributed by atoms with Crippen molar-refractivity contribution in [2.75, 3.05) is 17.3 Å². The Hall–Kier alpha value is -4.42. The van der Waals surface area contributed by atoms with E-state index in [0.717, 1.165) is 28.0 Å². The van der Waals surface area contributed by atoms with E-state index in [0.29, 0.717) is 32.6 Å². The van der Waals surface area contributed by atoms with E-state index in [1.807, 2.05) is 0 Å². The quantitative estimate of drug-likeness (QED) is 0.255. The van der Waals surface area contributed by atoms with Gasteiger partial charge in [0.05, 0.1) is 23.7 Å². The van der Waals surface area contributed by atoms with Crippen molar-refractivity contribution in [3.8, 4) is 11.5 Å². The predicted octanol–water partition coefficient (Wildman–Crippen LogP) is 4.20. The molecule has 12 heteroatoms. The second kappa shape index (κ2) is 10.5. The normalized spacial score (nSPS) is 19.6. The third kappa shape index (κ3) is 4.78. The third-order valence-corrected chi connectivity index (χ3v) is 9.67. The monoisotopic (exact) mass is 591 g/mol. The van der Waals surface area contributed by atoms with Gasteiger partial charge in [-0.05, 0) is 66.2 Å². The second-order valence-corrected chi connectivity index (χ2v) is 11.6. The number of nitrogens with zero attached hydrogens (tertiary/aromatic N) is 2. The minimum absolute atomic E-state index is 0.0448. The van der Waals surface area contributed by atoms with Crippen LogP contribution in [0.15, 0.2) is 82.6 Å². The van der Waals surface area contributed by atoms with Gasteiger partial charge in [0.1, 0.15) is 29.1 Å². The van der Waals surface area contributed by atoms with E-state index in [1.165, 1.54) is 48.1 Å². The summed E-state index contributed by atoms with van der Waals surface area (Å²) in [7, 11) is 1.52. The predicted molar refractivity (Wildman–Crippen MR) is 152 cm³/mol. The molecule has 2 aliphatic heterocycles. The number of carbonyl (C=O) groups excluding carboxylic acids is 3. The van der Waals surface area contributed by atoms with Crippen LogP contribution in [-0.4, -0.2) is 39.8 Å². The van der Waals surface area contributed by atoms with E-state index in [4.69, 9.17) is 4.74 Å². The molecule has 3 amide bonds. The van der Waals surface area contributed by atoms with E-state index in [1.54, 1.807) is 36.4 Å². The Bertz CT molecular complexity index is 1720. The Morgan fingerprint density at radius 2 is 1.66 bits per heavy atom. The van der Waals surface area contributed by atoms with Gasteiger partial charge >= 0.3 is 4.87 Å². The highest BCUT2D eigenvalue weighted by molar-refractivity contribution is 8.00. The molecule has 1 aromatic heterocycles. The first-order chi connectivity index (χ1) is 19.7. The average Bonchev–Trinajstić information content (AvgIpc) is 3.41. The maximum Gasteiger partial charge on any atom is 0.308 e. The molecule has 4 aromatic rings. The van der Waals surface area contributed by atoms with E-state index in [-0.39, 0.29) is 12.3 Å². The molecule has 3 aromatic carbocycles. The number of nitrogens with one attached hydrogen (secondary N) is 1. The summed E-state index contributed by atoms with van der Waals surface area (Å²) in [5, 5.41) is 11.7. The van der Waals surface area contributed by atoms with Crippen molar-refractivity contribution >= 4 is 52.2 Å². The Kier molecular flexibility index (Phi) is 6.88. The summed E-state index contributed by atoms with van der Waals surface area (Å²) < 4.78 is 20.4. The zero-order chi connectivity index (χ0) is 28.8. The number of aromatic hydroxyl groups is 1. The number of aromatic nitrogens is 1. The van der Waals surface area contributed by atoms with Crippen LogP contribution in [0.4, 0.5) is 15.8 Å². The van der Waals surface area contributed by atoms with Gasteiger partial charge in [0.15, 0.2) is 0 Å². The van der Waals surface area contributed by atoms with Crippen molar-refractivity contribution in [1.29, 1.82) is 0 Å². The van der Waals surface area contributed by atoms with Crippen molar-refractivity contribution in [3.05, 3.63) is 98.7 Å². The van der Waals surface area contributed by atoms with Gasteiger partial charge in [0.25, 0.3) is 0 Å². The lowest BCUT2D eigenvalue weighted by molar-refractivity contribution is -0.122. The molecule has 0 radical (unpaired) electrons. The fourth-order valence-corrected chi connectivity index (χ4v) is 7.93. The number of amides is 3. The molecule has 208 valence electrons. The van der Waals surface area contributed by atoms with Gasteiger partial charge in [-0.15, -0.1) is 0 Å². The Labute approximate surface area is 241 Å². The fourth-order valence-electron chi connectivity index (χ4n) is 5.16. The lowest BCUT2D eigenvalue weighted by Gasteiger charge is -2.30. The van der Waals surface area contributed by atoms with Crippen LogP contribution in [0.3, 0.4) is 0 Å². The summed E-state index contributed by atoms with van der Waals surface area (Å²) in [6.45, 7) is -0.323. The molecular formula is C29H22FN3O6S2. The zero-order valence-electron chi connectivity index (χ0n) is 21.4. The van der Waals surface area contributed by atoms with Crippen LogP contribution in [0, 0.1) is 11.7 Å². The van der Waals surface area contributed by atoms with Crippen molar-refractivity contribution in [2.45, 2.75) is 22.7 Å². The highest BCUT2D eigenvalue weighted by atomic mass is 32.2. The summed E-state index contributed by atoms with van der Waals surface area (Å²) in [6, 6.07) is 18.1. The van der Waals surface area contributed by atoms with Crippen LogP contribution in [0.25, 0.3) is 0 Å². The number of benzene rings is 3. The minimum atomic E-state index is -0.868.